The van der Waals surface area contributed by atoms with E-state index in [2.05, 4.69) is 25.8 Å². The van der Waals surface area contributed by atoms with E-state index in [1.165, 1.54) is 0 Å². The van der Waals surface area contributed by atoms with Gasteiger partial charge in [-0.05, 0) is 36.4 Å². The van der Waals surface area contributed by atoms with Crippen LogP contribution in [0.2, 0.25) is 0 Å². The molecule has 4 aromatic rings. The number of rotatable bonds is 6. The number of amides is 1. The molecule has 2 aromatic heterocycles. The maximum Gasteiger partial charge on any atom is 0.251 e. The molecule has 26 heavy (non-hydrogen) atoms. The Bertz CT molecular complexity index is 1010. The molecule has 0 spiro atoms. The van der Waals surface area contributed by atoms with Gasteiger partial charge in [0.1, 0.15) is 5.69 Å². The molecule has 0 aliphatic rings. The van der Waals surface area contributed by atoms with E-state index in [-0.39, 0.29) is 5.91 Å². The van der Waals surface area contributed by atoms with Crippen molar-refractivity contribution < 1.29 is 4.79 Å². The maximum absolute atomic E-state index is 12.4. The number of aromatic amines is 2. The first-order valence-corrected chi connectivity index (χ1v) is 8.50. The monoisotopic (exact) mass is 345 g/mol. The van der Waals surface area contributed by atoms with Crippen molar-refractivity contribution in [3.05, 3.63) is 72.4 Å². The van der Waals surface area contributed by atoms with Crippen LogP contribution in [-0.2, 0) is 0 Å². The largest absolute Gasteiger partial charge is 0.383 e. The van der Waals surface area contributed by atoms with Crippen LogP contribution in [-0.4, -0.2) is 34.2 Å². The molecule has 0 saturated heterocycles. The maximum atomic E-state index is 12.4. The van der Waals surface area contributed by atoms with Crippen LogP contribution in [0.5, 0.6) is 0 Å². The van der Waals surface area contributed by atoms with E-state index >= 15 is 0 Å². The quantitative estimate of drug-likeness (QED) is 0.404. The van der Waals surface area contributed by atoms with Crippen molar-refractivity contribution in [3.8, 4) is 11.4 Å². The fourth-order valence-corrected chi connectivity index (χ4v) is 2.86. The molecule has 130 valence electrons. The minimum Gasteiger partial charge on any atom is -0.383 e. The highest BCUT2D eigenvalue weighted by atomic mass is 16.1. The van der Waals surface area contributed by atoms with Gasteiger partial charge in [-0.15, -0.1) is 0 Å². The zero-order valence-corrected chi connectivity index (χ0v) is 14.1. The fraction of sp³-hybridized carbons (Fsp3) is 0.100. The molecule has 0 aliphatic carbocycles. The minimum absolute atomic E-state index is 0.0855. The number of para-hydroxylation sites is 1. The van der Waals surface area contributed by atoms with Crippen molar-refractivity contribution in [1.29, 1.82) is 0 Å². The topological polar surface area (TPSA) is 85.6 Å². The average Bonchev–Trinajstić information content (AvgIpc) is 3.34. The summed E-state index contributed by atoms with van der Waals surface area (Å²) in [6, 6.07) is 19.5. The van der Waals surface area contributed by atoms with Gasteiger partial charge in [0.2, 0.25) is 0 Å². The first-order chi connectivity index (χ1) is 12.8. The lowest BCUT2D eigenvalue weighted by atomic mass is 10.1. The second-order valence-corrected chi connectivity index (χ2v) is 5.99. The Hall–Kier alpha value is -3.54. The summed E-state index contributed by atoms with van der Waals surface area (Å²) < 4.78 is 0. The van der Waals surface area contributed by atoms with Crippen LogP contribution in [0.15, 0.2) is 66.9 Å². The van der Waals surface area contributed by atoms with Crippen molar-refractivity contribution in [1.82, 2.24) is 20.5 Å². The van der Waals surface area contributed by atoms with Crippen LogP contribution in [0.4, 0.5) is 5.69 Å². The summed E-state index contributed by atoms with van der Waals surface area (Å²) in [6.45, 7) is 1.22. The first kappa shape index (κ1) is 16.0. The fourth-order valence-electron chi connectivity index (χ4n) is 2.86. The number of hydrogen-bond acceptors (Lipinski definition) is 3. The van der Waals surface area contributed by atoms with Crippen molar-refractivity contribution in [3.63, 3.8) is 0 Å². The average molecular weight is 345 g/mol. The number of benzene rings is 2. The highest BCUT2D eigenvalue weighted by Crippen LogP contribution is 2.23. The summed E-state index contributed by atoms with van der Waals surface area (Å²) in [6.07, 6.45) is 1.78. The molecule has 2 heterocycles. The van der Waals surface area contributed by atoms with E-state index < -0.39 is 0 Å². The van der Waals surface area contributed by atoms with Gasteiger partial charge in [0.05, 0.1) is 5.69 Å². The Morgan fingerprint density at radius 2 is 1.88 bits per heavy atom. The molecule has 4 N–H and O–H groups in total. The Kier molecular flexibility index (Phi) is 4.38. The predicted molar refractivity (Wildman–Crippen MR) is 103 cm³/mol. The number of carbonyl (C=O) groups is 1. The van der Waals surface area contributed by atoms with E-state index in [0.717, 1.165) is 28.0 Å². The molecule has 0 aliphatic heterocycles. The molecule has 1 amide bonds. The summed E-state index contributed by atoms with van der Waals surface area (Å²) in [4.78, 5) is 15.7. The molecule has 0 atom stereocenters. The van der Waals surface area contributed by atoms with Gasteiger partial charge < -0.3 is 15.6 Å². The second kappa shape index (κ2) is 7.14. The molecule has 2 aromatic carbocycles. The standard InChI is InChI=1S/C20H19N5O/c26-20(22-11-10-21-16-4-2-1-3-5-16)15-7-6-14-12-19(24-18(14)13-15)17-8-9-23-25-17/h1-9,12-13,21,24H,10-11H2,(H,22,26)(H,23,25). The second-order valence-electron chi connectivity index (χ2n) is 5.99. The van der Waals surface area contributed by atoms with E-state index in [1.54, 1.807) is 6.20 Å². The minimum atomic E-state index is -0.0855. The molecule has 0 saturated carbocycles. The lowest BCUT2D eigenvalue weighted by Gasteiger charge is -2.08. The third-order valence-corrected chi connectivity index (χ3v) is 4.17. The van der Waals surface area contributed by atoms with Crippen LogP contribution < -0.4 is 10.6 Å². The van der Waals surface area contributed by atoms with Gasteiger partial charge >= 0.3 is 0 Å². The molecule has 0 unspecified atom stereocenters. The molecule has 0 fully saturated rings. The number of H-pyrrole nitrogens is 2. The predicted octanol–water partition coefficient (Wildman–Crippen LogP) is 3.40. The number of nitrogens with one attached hydrogen (secondary N) is 4. The highest BCUT2D eigenvalue weighted by Gasteiger charge is 2.09. The van der Waals surface area contributed by atoms with E-state index in [9.17, 15) is 4.79 Å². The molecule has 0 bridgehead atoms. The Balaban J connectivity index is 1.39. The van der Waals surface area contributed by atoms with Crippen molar-refractivity contribution in [2.75, 3.05) is 18.4 Å². The molecule has 6 heteroatoms. The number of hydrogen-bond donors (Lipinski definition) is 4. The van der Waals surface area contributed by atoms with Crippen molar-refractivity contribution in [2.24, 2.45) is 0 Å². The van der Waals surface area contributed by atoms with Gasteiger partial charge in [0.15, 0.2) is 0 Å². The van der Waals surface area contributed by atoms with Gasteiger partial charge in [0, 0.05) is 41.4 Å². The third kappa shape index (κ3) is 3.44. The lowest BCUT2D eigenvalue weighted by molar-refractivity contribution is 0.0955. The molecule has 0 radical (unpaired) electrons. The zero-order chi connectivity index (χ0) is 17.8. The van der Waals surface area contributed by atoms with Crippen molar-refractivity contribution >= 4 is 22.5 Å². The Morgan fingerprint density at radius 3 is 2.69 bits per heavy atom. The summed E-state index contributed by atoms with van der Waals surface area (Å²) >= 11 is 0. The van der Waals surface area contributed by atoms with E-state index in [1.807, 2.05) is 60.7 Å². The first-order valence-electron chi connectivity index (χ1n) is 8.50. The van der Waals surface area contributed by atoms with Gasteiger partial charge in [0.25, 0.3) is 5.91 Å². The van der Waals surface area contributed by atoms with Gasteiger partial charge in [-0.25, -0.2) is 0 Å². The number of fused-ring (bicyclic) bond motifs is 1. The smallest absolute Gasteiger partial charge is 0.251 e. The van der Waals surface area contributed by atoms with Crippen LogP contribution in [0.25, 0.3) is 22.3 Å². The van der Waals surface area contributed by atoms with Crippen molar-refractivity contribution in [2.45, 2.75) is 0 Å². The number of nitrogens with zero attached hydrogens (tertiary/aromatic N) is 1. The zero-order valence-electron chi connectivity index (χ0n) is 14.1. The molecule has 4 rings (SSSR count). The SMILES string of the molecule is O=C(NCCNc1ccccc1)c1ccc2cc(-c3cc[nH]n3)[nH]c2c1. The van der Waals surface area contributed by atoms with Gasteiger partial charge in [-0.3, -0.25) is 9.89 Å². The summed E-state index contributed by atoms with van der Waals surface area (Å²) in [5.74, 6) is -0.0855. The highest BCUT2D eigenvalue weighted by molar-refractivity contribution is 5.98. The number of aromatic nitrogens is 3. The normalized spacial score (nSPS) is 10.8. The van der Waals surface area contributed by atoms with Gasteiger partial charge in [-0.1, -0.05) is 24.3 Å². The summed E-state index contributed by atoms with van der Waals surface area (Å²) in [5.41, 5.74) is 4.36. The van der Waals surface area contributed by atoms with Crippen LogP contribution in [0.3, 0.4) is 0 Å². The van der Waals surface area contributed by atoms with Crippen LogP contribution in [0, 0.1) is 0 Å². The van der Waals surface area contributed by atoms with Crippen LogP contribution in [0.1, 0.15) is 10.4 Å². The summed E-state index contributed by atoms with van der Waals surface area (Å²) in [5, 5.41) is 14.2. The van der Waals surface area contributed by atoms with E-state index in [4.69, 9.17) is 0 Å². The Morgan fingerprint density at radius 1 is 1.00 bits per heavy atom. The van der Waals surface area contributed by atoms with E-state index in [0.29, 0.717) is 18.7 Å². The number of anilines is 1. The Labute approximate surface area is 150 Å². The van der Waals surface area contributed by atoms with Crippen LogP contribution >= 0.6 is 0 Å². The lowest BCUT2D eigenvalue weighted by Crippen LogP contribution is -2.28. The molecule has 6 nitrogen and oxygen atoms in total. The molecular formula is C20H19N5O. The third-order valence-electron chi connectivity index (χ3n) is 4.17. The molecular weight excluding hydrogens is 326 g/mol. The number of carbonyl (C=O) groups excluding carboxylic acids is 1. The summed E-state index contributed by atoms with van der Waals surface area (Å²) in [7, 11) is 0. The van der Waals surface area contributed by atoms with Gasteiger partial charge in [-0.2, -0.15) is 5.10 Å².